The lowest BCUT2D eigenvalue weighted by Crippen LogP contribution is -2.37. The number of nitrogens with zero attached hydrogens (tertiary/aromatic N) is 1. The van der Waals surface area contributed by atoms with Crippen molar-refractivity contribution in [1.29, 1.82) is 0 Å². The summed E-state index contributed by atoms with van der Waals surface area (Å²) < 4.78 is 37.0. The van der Waals surface area contributed by atoms with Gasteiger partial charge in [-0.2, -0.15) is 4.31 Å². The fourth-order valence-electron chi connectivity index (χ4n) is 1.88. The van der Waals surface area contributed by atoms with E-state index >= 15 is 0 Å². The molecule has 0 heterocycles. The Kier molecular flexibility index (Phi) is 9.30. The van der Waals surface area contributed by atoms with Crippen LogP contribution in [0.4, 0.5) is 0 Å². The van der Waals surface area contributed by atoms with Crippen LogP contribution >= 0.6 is 0 Å². The zero-order valence-electron chi connectivity index (χ0n) is 13.3. The van der Waals surface area contributed by atoms with Crippen molar-refractivity contribution in [3.05, 3.63) is 29.8 Å². The first kappa shape index (κ1) is 20.0. The van der Waals surface area contributed by atoms with Crippen LogP contribution in [0.2, 0.25) is 0 Å². The van der Waals surface area contributed by atoms with Gasteiger partial charge in [0, 0.05) is 13.1 Å². The van der Waals surface area contributed by atoms with Gasteiger partial charge in [0.25, 0.3) is 0 Å². The first-order valence-electron chi connectivity index (χ1n) is 7.46. The number of aryl methyl sites for hydroxylation is 1. The quantitative estimate of drug-likeness (QED) is 0.517. The summed E-state index contributed by atoms with van der Waals surface area (Å²) >= 11 is 0. The average Bonchev–Trinajstić information content (AvgIpc) is 2.53. The molecule has 8 heteroatoms. The molecule has 0 amide bonds. The van der Waals surface area contributed by atoms with Crippen molar-refractivity contribution in [1.82, 2.24) is 4.31 Å². The molecule has 0 aliphatic heterocycles. The molecule has 132 valence electrons. The number of hydrogen-bond donors (Lipinski definition) is 2. The molecule has 1 rings (SSSR count). The minimum absolute atomic E-state index is 0.107. The van der Waals surface area contributed by atoms with E-state index in [-0.39, 0.29) is 57.6 Å². The van der Waals surface area contributed by atoms with E-state index in [1.54, 1.807) is 24.3 Å². The second-order valence-electron chi connectivity index (χ2n) is 4.89. The Labute approximate surface area is 137 Å². The summed E-state index contributed by atoms with van der Waals surface area (Å²) in [4.78, 5) is 0.215. The van der Waals surface area contributed by atoms with Crippen molar-refractivity contribution in [2.24, 2.45) is 0 Å². The van der Waals surface area contributed by atoms with Crippen molar-refractivity contribution in [3.63, 3.8) is 0 Å². The fourth-order valence-corrected chi connectivity index (χ4v) is 3.29. The van der Waals surface area contributed by atoms with E-state index in [1.807, 2.05) is 6.92 Å². The third-order valence-electron chi connectivity index (χ3n) is 3.10. The molecule has 0 atom stereocenters. The maximum absolute atomic E-state index is 12.7. The molecule has 7 nitrogen and oxygen atoms in total. The molecule has 0 radical (unpaired) electrons. The molecule has 1 aromatic carbocycles. The summed E-state index contributed by atoms with van der Waals surface area (Å²) in [5.41, 5.74) is 0.980. The second-order valence-corrected chi connectivity index (χ2v) is 6.83. The molecular formula is C15H25NO6S. The number of benzene rings is 1. The van der Waals surface area contributed by atoms with Crippen molar-refractivity contribution in [3.8, 4) is 0 Å². The van der Waals surface area contributed by atoms with E-state index in [0.717, 1.165) is 5.56 Å². The van der Waals surface area contributed by atoms with Crippen LogP contribution in [0.15, 0.2) is 29.2 Å². The summed E-state index contributed by atoms with van der Waals surface area (Å²) in [5.74, 6) is 0. The summed E-state index contributed by atoms with van der Waals surface area (Å²) in [6.45, 7) is 2.71. The van der Waals surface area contributed by atoms with E-state index in [1.165, 1.54) is 4.31 Å². The first-order chi connectivity index (χ1) is 11.0. The summed E-state index contributed by atoms with van der Waals surface area (Å²) in [6.07, 6.45) is 0. The van der Waals surface area contributed by atoms with Gasteiger partial charge in [0.1, 0.15) is 0 Å². The number of sulfonamides is 1. The van der Waals surface area contributed by atoms with Gasteiger partial charge in [0.05, 0.1) is 44.5 Å². The van der Waals surface area contributed by atoms with Gasteiger partial charge in [0.15, 0.2) is 0 Å². The van der Waals surface area contributed by atoms with E-state index in [0.29, 0.717) is 0 Å². The van der Waals surface area contributed by atoms with Crippen LogP contribution in [0.25, 0.3) is 0 Å². The van der Waals surface area contributed by atoms with E-state index in [4.69, 9.17) is 19.7 Å². The van der Waals surface area contributed by atoms with Crippen LogP contribution in [0.5, 0.6) is 0 Å². The fraction of sp³-hybridized carbons (Fsp3) is 0.600. The molecule has 0 aliphatic carbocycles. The molecule has 0 fully saturated rings. The molecule has 23 heavy (non-hydrogen) atoms. The highest BCUT2D eigenvalue weighted by atomic mass is 32.2. The predicted molar refractivity (Wildman–Crippen MR) is 85.7 cm³/mol. The van der Waals surface area contributed by atoms with Crippen molar-refractivity contribution < 1.29 is 28.1 Å². The van der Waals surface area contributed by atoms with Gasteiger partial charge in [-0.3, -0.25) is 0 Å². The SMILES string of the molecule is Cc1ccc(S(=O)(=O)N(CCOCCO)CCOCCO)cc1. The topological polar surface area (TPSA) is 96.3 Å². The Morgan fingerprint density at radius 2 is 1.39 bits per heavy atom. The number of aliphatic hydroxyl groups excluding tert-OH is 2. The minimum atomic E-state index is -3.64. The predicted octanol–water partition coefficient (Wildman–Crippen LogP) is 0.00352. The molecule has 0 bridgehead atoms. The normalized spacial score (nSPS) is 12.0. The smallest absolute Gasteiger partial charge is 0.243 e. The summed E-state index contributed by atoms with van der Waals surface area (Å²) in [5, 5.41) is 17.4. The molecular weight excluding hydrogens is 322 g/mol. The Bertz CT molecular complexity index is 519. The lowest BCUT2D eigenvalue weighted by molar-refractivity contribution is 0.0687. The lowest BCUT2D eigenvalue weighted by Gasteiger charge is -2.22. The Morgan fingerprint density at radius 1 is 0.913 bits per heavy atom. The Hall–Kier alpha value is -1.03. The van der Waals surface area contributed by atoms with Crippen LogP contribution in [0.3, 0.4) is 0 Å². The molecule has 0 saturated carbocycles. The minimum Gasteiger partial charge on any atom is -0.394 e. The lowest BCUT2D eigenvalue weighted by atomic mass is 10.2. The second kappa shape index (κ2) is 10.7. The Morgan fingerprint density at radius 3 is 1.83 bits per heavy atom. The molecule has 0 unspecified atom stereocenters. The molecule has 0 aliphatic rings. The summed E-state index contributed by atoms with van der Waals surface area (Å²) in [6, 6.07) is 6.63. The highest BCUT2D eigenvalue weighted by Gasteiger charge is 2.23. The van der Waals surface area contributed by atoms with Crippen molar-refractivity contribution in [2.75, 3.05) is 52.7 Å². The van der Waals surface area contributed by atoms with Crippen LogP contribution in [-0.4, -0.2) is 75.7 Å². The van der Waals surface area contributed by atoms with Crippen LogP contribution in [-0.2, 0) is 19.5 Å². The largest absolute Gasteiger partial charge is 0.394 e. The molecule has 0 spiro atoms. The molecule has 0 saturated heterocycles. The maximum atomic E-state index is 12.7. The zero-order valence-corrected chi connectivity index (χ0v) is 14.2. The van der Waals surface area contributed by atoms with E-state index < -0.39 is 10.0 Å². The highest BCUT2D eigenvalue weighted by molar-refractivity contribution is 7.89. The monoisotopic (exact) mass is 347 g/mol. The number of ether oxygens (including phenoxy) is 2. The molecule has 2 N–H and O–H groups in total. The maximum Gasteiger partial charge on any atom is 0.243 e. The number of rotatable bonds is 12. The third-order valence-corrected chi connectivity index (χ3v) is 5.01. The first-order valence-corrected chi connectivity index (χ1v) is 8.90. The van der Waals surface area contributed by atoms with E-state index in [9.17, 15) is 8.42 Å². The van der Waals surface area contributed by atoms with Gasteiger partial charge in [-0.25, -0.2) is 8.42 Å². The van der Waals surface area contributed by atoms with Gasteiger partial charge in [-0.05, 0) is 19.1 Å². The average molecular weight is 347 g/mol. The third kappa shape index (κ3) is 6.94. The van der Waals surface area contributed by atoms with Crippen molar-refractivity contribution >= 4 is 10.0 Å². The van der Waals surface area contributed by atoms with Gasteiger partial charge in [0.2, 0.25) is 10.0 Å². The van der Waals surface area contributed by atoms with Crippen molar-refractivity contribution in [2.45, 2.75) is 11.8 Å². The van der Waals surface area contributed by atoms with Crippen LogP contribution in [0.1, 0.15) is 5.56 Å². The Balaban J connectivity index is 2.76. The zero-order chi connectivity index (χ0) is 17.1. The number of aliphatic hydroxyl groups is 2. The molecule has 0 aromatic heterocycles. The van der Waals surface area contributed by atoms with Gasteiger partial charge in [-0.1, -0.05) is 17.7 Å². The standard InChI is InChI=1S/C15H25NO6S/c1-14-2-4-15(5-3-14)23(19,20)16(6-10-21-12-8-17)7-11-22-13-9-18/h2-5,17-18H,6-13H2,1H3. The van der Waals surface area contributed by atoms with Gasteiger partial charge in [-0.15, -0.1) is 0 Å². The summed E-state index contributed by atoms with van der Waals surface area (Å²) in [7, 11) is -3.64. The van der Waals surface area contributed by atoms with Gasteiger partial charge >= 0.3 is 0 Å². The van der Waals surface area contributed by atoms with Crippen LogP contribution in [0, 0.1) is 6.92 Å². The van der Waals surface area contributed by atoms with E-state index in [2.05, 4.69) is 0 Å². The number of hydrogen-bond acceptors (Lipinski definition) is 6. The van der Waals surface area contributed by atoms with Gasteiger partial charge < -0.3 is 19.7 Å². The van der Waals surface area contributed by atoms with Crippen LogP contribution < -0.4 is 0 Å². The molecule has 1 aromatic rings. The highest BCUT2D eigenvalue weighted by Crippen LogP contribution is 2.16.